The molecule has 86 valence electrons. The molecule has 0 aliphatic heterocycles. The van der Waals surface area contributed by atoms with Crippen LogP contribution in [0.5, 0.6) is 0 Å². The van der Waals surface area contributed by atoms with Crippen LogP contribution >= 0.6 is 0 Å². The third-order valence-electron chi connectivity index (χ3n) is 1.75. The monoisotopic (exact) mass is 220 g/mol. The molecule has 0 bridgehead atoms. The van der Waals surface area contributed by atoms with E-state index in [2.05, 4.69) is 13.8 Å². The van der Waals surface area contributed by atoms with Gasteiger partial charge in [0.1, 0.15) is 0 Å². The number of nitrogens with two attached hydrogens (primary N) is 2. The maximum Gasteiger partial charge on any atom is 0.321 e. The Bertz CT molecular complexity index is 117. The van der Waals surface area contributed by atoms with Gasteiger partial charge in [0, 0.05) is 13.2 Å². The summed E-state index contributed by atoms with van der Waals surface area (Å²) >= 11 is 0. The minimum absolute atomic E-state index is 0.236. The van der Waals surface area contributed by atoms with E-state index in [-0.39, 0.29) is 6.17 Å². The summed E-state index contributed by atoms with van der Waals surface area (Å²) in [5.41, 5.74) is 11.0. The van der Waals surface area contributed by atoms with Crippen molar-refractivity contribution in [2.75, 3.05) is 13.2 Å². The van der Waals surface area contributed by atoms with Gasteiger partial charge in [-0.05, 0) is 25.3 Å². The summed E-state index contributed by atoms with van der Waals surface area (Å²) in [4.78, 5) is 0. The highest BCUT2D eigenvalue weighted by Crippen LogP contribution is 2.03. The summed E-state index contributed by atoms with van der Waals surface area (Å²) in [5.74, 6) is 0. The molecular formula is C9H24N2O2Si. The average molecular weight is 220 g/mol. The topological polar surface area (TPSA) is 70.5 Å². The number of hydrogen-bond acceptors (Lipinski definition) is 4. The molecule has 5 heteroatoms. The van der Waals surface area contributed by atoms with Crippen LogP contribution < -0.4 is 11.5 Å². The molecule has 0 aromatic carbocycles. The van der Waals surface area contributed by atoms with Crippen LogP contribution in [0.4, 0.5) is 0 Å². The van der Waals surface area contributed by atoms with Crippen LogP contribution in [0, 0.1) is 0 Å². The molecule has 0 atom stereocenters. The van der Waals surface area contributed by atoms with Gasteiger partial charge in [0.15, 0.2) is 0 Å². The van der Waals surface area contributed by atoms with E-state index in [0.717, 1.165) is 38.5 Å². The first-order valence-corrected chi connectivity index (χ1v) is 7.21. The molecule has 0 radical (unpaired) electrons. The van der Waals surface area contributed by atoms with Gasteiger partial charge in [0.05, 0.1) is 6.17 Å². The summed E-state index contributed by atoms with van der Waals surface area (Å²) in [6.45, 7) is 5.78. The molecule has 14 heavy (non-hydrogen) atoms. The molecule has 0 saturated carbocycles. The highest BCUT2D eigenvalue weighted by Gasteiger charge is 2.13. The lowest BCUT2D eigenvalue weighted by atomic mass is 10.4. The molecule has 4 N–H and O–H groups in total. The summed E-state index contributed by atoms with van der Waals surface area (Å²) in [5, 5.41) is 0. The fourth-order valence-electron chi connectivity index (χ4n) is 1.04. The van der Waals surface area contributed by atoms with Crippen molar-refractivity contribution in [3.05, 3.63) is 0 Å². The van der Waals surface area contributed by atoms with Gasteiger partial charge in [0.25, 0.3) is 0 Å². The summed E-state index contributed by atoms with van der Waals surface area (Å²) in [6, 6.07) is 0.914. The first-order valence-electron chi connectivity index (χ1n) is 5.45. The van der Waals surface area contributed by atoms with Gasteiger partial charge in [-0.25, -0.2) is 0 Å². The lowest BCUT2D eigenvalue weighted by Crippen LogP contribution is -2.33. The lowest BCUT2D eigenvalue weighted by Gasteiger charge is -2.16. The molecular weight excluding hydrogens is 196 g/mol. The fraction of sp³-hybridized carbons (Fsp3) is 1.00. The van der Waals surface area contributed by atoms with Crippen molar-refractivity contribution in [1.82, 2.24) is 0 Å². The van der Waals surface area contributed by atoms with Gasteiger partial charge >= 0.3 is 9.28 Å². The third kappa shape index (κ3) is 8.65. The summed E-state index contributed by atoms with van der Waals surface area (Å²) < 4.78 is 11.3. The van der Waals surface area contributed by atoms with Gasteiger partial charge in [0.2, 0.25) is 0 Å². The van der Waals surface area contributed by atoms with E-state index < -0.39 is 9.28 Å². The molecule has 0 aromatic heterocycles. The molecule has 4 nitrogen and oxygen atoms in total. The number of rotatable bonds is 9. The second-order valence-electron chi connectivity index (χ2n) is 3.41. The molecule has 0 spiro atoms. The van der Waals surface area contributed by atoms with E-state index in [9.17, 15) is 0 Å². The van der Waals surface area contributed by atoms with Crippen LogP contribution in [0.1, 0.15) is 33.1 Å². The average Bonchev–Trinajstić information content (AvgIpc) is 2.16. The molecule has 0 unspecified atom stereocenters. The van der Waals surface area contributed by atoms with Crippen molar-refractivity contribution in [3.8, 4) is 0 Å². The highest BCUT2D eigenvalue weighted by atomic mass is 28.3. The van der Waals surface area contributed by atoms with Crippen molar-refractivity contribution in [1.29, 1.82) is 0 Å². The molecule has 0 heterocycles. The molecule has 0 aliphatic rings. The molecule has 0 rings (SSSR count). The molecule has 0 amide bonds. The largest absolute Gasteiger partial charge is 0.397 e. The maximum atomic E-state index is 5.65. The Morgan fingerprint density at radius 2 is 1.57 bits per heavy atom. The predicted molar refractivity (Wildman–Crippen MR) is 61.2 cm³/mol. The first kappa shape index (κ1) is 14.1. The van der Waals surface area contributed by atoms with Crippen molar-refractivity contribution in [3.63, 3.8) is 0 Å². The minimum Gasteiger partial charge on any atom is -0.397 e. The third-order valence-corrected chi connectivity index (χ3v) is 3.77. The lowest BCUT2D eigenvalue weighted by molar-refractivity contribution is 0.195. The van der Waals surface area contributed by atoms with Crippen LogP contribution in [-0.4, -0.2) is 28.7 Å². The van der Waals surface area contributed by atoms with Crippen LogP contribution in [-0.2, 0) is 8.85 Å². The van der Waals surface area contributed by atoms with E-state index in [1.165, 1.54) is 0 Å². The summed E-state index contributed by atoms with van der Waals surface area (Å²) in [7, 11) is -1.49. The zero-order chi connectivity index (χ0) is 10.8. The molecule has 0 aromatic rings. The van der Waals surface area contributed by atoms with E-state index in [4.69, 9.17) is 20.3 Å². The van der Waals surface area contributed by atoms with E-state index in [1.54, 1.807) is 0 Å². The van der Waals surface area contributed by atoms with E-state index in [0.29, 0.717) is 0 Å². The molecule has 0 saturated heterocycles. The SMILES string of the molecule is CCCO[SiH](CCC(N)N)OCCC. The Hall–Kier alpha value is 0.0569. The summed E-state index contributed by atoms with van der Waals surface area (Å²) in [6.07, 6.45) is 2.63. The Morgan fingerprint density at radius 1 is 1.07 bits per heavy atom. The van der Waals surface area contributed by atoms with Crippen LogP contribution in [0.15, 0.2) is 0 Å². The predicted octanol–water partition coefficient (Wildman–Crippen LogP) is 0.694. The van der Waals surface area contributed by atoms with Gasteiger partial charge in [-0.3, -0.25) is 0 Å². The minimum atomic E-state index is -1.49. The van der Waals surface area contributed by atoms with Gasteiger partial charge < -0.3 is 20.3 Å². The van der Waals surface area contributed by atoms with Gasteiger partial charge in [-0.2, -0.15) is 0 Å². The van der Waals surface area contributed by atoms with E-state index >= 15 is 0 Å². The quantitative estimate of drug-likeness (QED) is 0.443. The van der Waals surface area contributed by atoms with Crippen molar-refractivity contribution in [2.45, 2.75) is 45.3 Å². The van der Waals surface area contributed by atoms with Crippen LogP contribution in [0.2, 0.25) is 6.04 Å². The molecule has 0 fully saturated rings. The van der Waals surface area contributed by atoms with Crippen molar-refractivity contribution < 1.29 is 8.85 Å². The number of hydrogen-bond donors (Lipinski definition) is 2. The van der Waals surface area contributed by atoms with Crippen LogP contribution in [0.25, 0.3) is 0 Å². The Balaban J connectivity index is 3.60. The zero-order valence-electron chi connectivity index (χ0n) is 9.37. The fourth-order valence-corrected chi connectivity index (χ4v) is 3.13. The second-order valence-corrected chi connectivity index (χ2v) is 5.52. The van der Waals surface area contributed by atoms with Crippen molar-refractivity contribution >= 4 is 9.28 Å². The van der Waals surface area contributed by atoms with Gasteiger partial charge in [-0.15, -0.1) is 0 Å². The Kier molecular flexibility index (Phi) is 9.64. The second kappa shape index (κ2) is 9.61. The van der Waals surface area contributed by atoms with Crippen LogP contribution in [0.3, 0.4) is 0 Å². The Labute approximate surface area is 88.8 Å². The standard InChI is InChI=1S/C9H24N2O2Si/c1-3-6-12-14(13-7-4-2)8-5-9(10)11/h9,14H,3-8,10-11H2,1-2H3. The highest BCUT2D eigenvalue weighted by molar-refractivity contribution is 6.44. The Morgan fingerprint density at radius 3 is 1.93 bits per heavy atom. The smallest absolute Gasteiger partial charge is 0.321 e. The maximum absolute atomic E-state index is 5.65. The van der Waals surface area contributed by atoms with Gasteiger partial charge in [-0.1, -0.05) is 13.8 Å². The first-order chi connectivity index (χ1) is 6.70. The molecule has 0 aliphatic carbocycles. The van der Waals surface area contributed by atoms with E-state index in [1.807, 2.05) is 0 Å². The normalized spacial score (nSPS) is 11.6. The van der Waals surface area contributed by atoms with Crippen molar-refractivity contribution in [2.24, 2.45) is 11.5 Å². The zero-order valence-corrected chi connectivity index (χ0v) is 10.5.